The Bertz CT molecular complexity index is 1270. The molecule has 0 saturated carbocycles. The second kappa shape index (κ2) is 9.18. The van der Waals surface area contributed by atoms with Gasteiger partial charge in [-0.05, 0) is 67.2 Å². The van der Waals surface area contributed by atoms with Gasteiger partial charge in [0.2, 0.25) is 0 Å². The van der Waals surface area contributed by atoms with E-state index in [1.807, 2.05) is 24.3 Å². The summed E-state index contributed by atoms with van der Waals surface area (Å²) in [4.78, 5) is 2.43. The van der Waals surface area contributed by atoms with Gasteiger partial charge in [-0.1, -0.05) is 48.5 Å². The molecule has 3 nitrogen and oxygen atoms in total. The molecule has 1 aliphatic rings. The van der Waals surface area contributed by atoms with E-state index in [1.54, 1.807) is 13.2 Å². The van der Waals surface area contributed by atoms with E-state index in [-0.39, 0.29) is 0 Å². The third-order valence-electron chi connectivity index (χ3n) is 6.68. The number of fused-ring (bicyclic) bond motifs is 1. The molecule has 1 fully saturated rings. The second-order valence-electron chi connectivity index (χ2n) is 8.82. The quantitative estimate of drug-likeness (QED) is 0.305. The Labute approximate surface area is 196 Å². The van der Waals surface area contributed by atoms with Crippen molar-refractivity contribution < 1.29 is 22.3 Å². The molecule has 0 spiro atoms. The molecule has 0 radical (unpaired) electrons. The fourth-order valence-electron chi connectivity index (χ4n) is 4.83. The summed E-state index contributed by atoms with van der Waals surface area (Å²) in [5.41, 5.74) is 2.73. The van der Waals surface area contributed by atoms with Gasteiger partial charge in [0.05, 0.1) is 12.7 Å². The zero-order chi connectivity index (χ0) is 23.7. The largest absolute Gasteiger partial charge is 0.493 e. The number of hydrogen-bond acceptors (Lipinski definition) is 3. The SMILES string of the molecule is COc1ccc(CN2CCC(c3ccccc3)CC2)c2cc(-c3cccc(C(F)(F)F)c3)oc12. The zero-order valence-electron chi connectivity index (χ0n) is 18.9. The van der Waals surface area contributed by atoms with E-state index in [1.165, 1.54) is 11.6 Å². The summed E-state index contributed by atoms with van der Waals surface area (Å²) >= 11 is 0. The van der Waals surface area contributed by atoms with Crippen LogP contribution in [0.4, 0.5) is 13.2 Å². The maximum absolute atomic E-state index is 13.2. The molecule has 2 heterocycles. The lowest BCUT2D eigenvalue weighted by atomic mass is 9.89. The van der Waals surface area contributed by atoms with Crippen LogP contribution in [0, 0.1) is 0 Å². The number of furan rings is 1. The van der Waals surface area contributed by atoms with E-state index in [0.717, 1.165) is 55.6 Å². The van der Waals surface area contributed by atoms with Crippen LogP contribution in [0.2, 0.25) is 0 Å². The first-order valence-electron chi connectivity index (χ1n) is 11.5. The van der Waals surface area contributed by atoms with Crippen molar-refractivity contribution in [2.24, 2.45) is 0 Å². The number of rotatable bonds is 5. The van der Waals surface area contributed by atoms with Crippen molar-refractivity contribution in [3.8, 4) is 17.1 Å². The molecule has 0 amide bonds. The molecule has 3 aromatic carbocycles. The van der Waals surface area contributed by atoms with Gasteiger partial charge in [0.25, 0.3) is 0 Å². The minimum atomic E-state index is -4.41. The maximum Gasteiger partial charge on any atom is 0.416 e. The molecule has 6 heteroatoms. The first-order valence-corrected chi connectivity index (χ1v) is 11.5. The average Bonchev–Trinajstić information content (AvgIpc) is 3.31. The lowest BCUT2D eigenvalue weighted by Gasteiger charge is -2.32. The van der Waals surface area contributed by atoms with Crippen molar-refractivity contribution in [2.75, 3.05) is 20.2 Å². The normalized spacial score (nSPS) is 15.6. The average molecular weight is 466 g/mol. The van der Waals surface area contributed by atoms with Crippen molar-refractivity contribution in [2.45, 2.75) is 31.5 Å². The number of hydrogen-bond donors (Lipinski definition) is 0. The van der Waals surface area contributed by atoms with Crippen LogP contribution in [-0.2, 0) is 12.7 Å². The number of halogens is 3. The molecule has 0 bridgehead atoms. The van der Waals surface area contributed by atoms with Crippen LogP contribution in [-0.4, -0.2) is 25.1 Å². The second-order valence-corrected chi connectivity index (χ2v) is 8.82. The number of alkyl halides is 3. The van der Waals surface area contributed by atoms with Gasteiger partial charge in [-0.3, -0.25) is 4.90 Å². The monoisotopic (exact) mass is 465 g/mol. The molecule has 0 aliphatic carbocycles. The summed E-state index contributed by atoms with van der Waals surface area (Å²) in [6, 6.07) is 21.6. The Morgan fingerprint density at radius 3 is 2.41 bits per heavy atom. The molecule has 0 atom stereocenters. The van der Waals surface area contributed by atoms with Crippen LogP contribution in [0.1, 0.15) is 35.4 Å². The highest BCUT2D eigenvalue weighted by molar-refractivity contribution is 5.90. The summed E-state index contributed by atoms with van der Waals surface area (Å²) in [6.45, 7) is 2.74. The van der Waals surface area contributed by atoms with E-state index >= 15 is 0 Å². The van der Waals surface area contributed by atoms with Gasteiger partial charge in [-0.15, -0.1) is 0 Å². The van der Waals surface area contributed by atoms with Crippen LogP contribution in [0.3, 0.4) is 0 Å². The molecular formula is C28H26F3NO2. The van der Waals surface area contributed by atoms with E-state index < -0.39 is 11.7 Å². The Morgan fingerprint density at radius 1 is 0.941 bits per heavy atom. The fourth-order valence-corrected chi connectivity index (χ4v) is 4.83. The number of piperidine rings is 1. The van der Waals surface area contributed by atoms with E-state index in [2.05, 4.69) is 29.2 Å². The van der Waals surface area contributed by atoms with Gasteiger partial charge in [0.1, 0.15) is 5.76 Å². The molecular weight excluding hydrogens is 439 g/mol. The van der Waals surface area contributed by atoms with Gasteiger partial charge < -0.3 is 9.15 Å². The topological polar surface area (TPSA) is 25.6 Å². The van der Waals surface area contributed by atoms with Crippen LogP contribution in [0.5, 0.6) is 5.75 Å². The summed E-state index contributed by atoms with van der Waals surface area (Å²) in [5, 5.41) is 0.872. The van der Waals surface area contributed by atoms with Crippen molar-refractivity contribution in [1.29, 1.82) is 0 Å². The molecule has 4 aromatic rings. The molecule has 5 rings (SSSR count). The lowest BCUT2D eigenvalue weighted by Crippen LogP contribution is -2.32. The smallest absolute Gasteiger partial charge is 0.416 e. The number of methoxy groups -OCH3 is 1. The lowest BCUT2D eigenvalue weighted by molar-refractivity contribution is -0.137. The third-order valence-corrected chi connectivity index (χ3v) is 6.68. The van der Waals surface area contributed by atoms with Gasteiger partial charge in [0.15, 0.2) is 11.3 Å². The van der Waals surface area contributed by atoms with Crippen LogP contribution >= 0.6 is 0 Å². The predicted octanol–water partition coefficient (Wildman–Crippen LogP) is 7.51. The highest BCUT2D eigenvalue weighted by Gasteiger charge is 2.31. The van der Waals surface area contributed by atoms with Crippen LogP contribution < -0.4 is 4.74 Å². The Kier molecular flexibility index (Phi) is 6.09. The van der Waals surface area contributed by atoms with Gasteiger partial charge in [0, 0.05) is 17.5 Å². The zero-order valence-corrected chi connectivity index (χ0v) is 18.9. The maximum atomic E-state index is 13.2. The Morgan fingerprint density at radius 2 is 1.71 bits per heavy atom. The van der Waals surface area contributed by atoms with Gasteiger partial charge in [-0.2, -0.15) is 13.2 Å². The van der Waals surface area contributed by atoms with E-state index in [4.69, 9.17) is 9.15 Å². The van der Waals surface area contributed by atoms with Crippen molar-refractivity contribution in [1.82, 2.24) is 4.90 Å². The number of nitrogens with zero attached hydrogens (tertiary/aromatic N) is 1. The number of ether oxygens (including phenoxy) is 1. The van der Waals surface area contributed by atoms with Crippen molar-refractivity contribution in [3.05, 3.63) is 89.5 Å². The molecule has 176 valence electrons. The van der Waals surface area contributed by atoms with E-state index in [0.29, 0.717) is 28.6 Å². The van der Waals surface area contributed by atoms with Crippen LogP contribution in [0.25, 0.3) is 22.3 Å². The third kappa shape index (κ3) is 4.55. The fraction of sp³-hybridized carbons (Fsp3) is 0.286. The Balaban J connectivity index is 1.40. The minimum Gasteiger partial charge on any atom is -0.493 e. The predicted molar refractivity (Wildman–Crippen MR) is 127 cm³/mol. The van der Waals surface area contributed by atoms with E-state index in [9.17, 15) is 13.2 Å². The summed E-state index contributed by atoms with van der Waals surface area (Å²) in [7, 11) is 1.56. The molecule has 1 aromatic heterocycles. The number of likely N-dealkylation sites (tertiary alicyclic amines) is 1. The Hall–Kier alpha value is -3.25. The number of benzene rings is 3. The first-order chi connectivity index (χ1) is 16.4. The van der Waals surface area contributed by atoms with Crippen molar-refractivity contribution in [3.63, 3.8) is 0 Å². The first kappa shape index (κ1) is 22.5. The molecule has 1 aliphatic heterocycles. The van der Waals surface area contributed by atoms with Gasteiger partial charge in [-0.25, -0.2) is 0 Å². The highest BCUT2D eigenvalue weighted by atomic mass is 19.4. The summed E-state index contributed by atoms with van der Waals surface area (Å²) in [5.74, 6) is 1.55. The molecule has 0 N–H and O–H groups in total. The van der Waals surface area contributed by atoms with Gasteiger partial charge >= 0.3 is 6.18 Å². The standard InChI is InChI=1S/C28H26F3NO2/c1-33-25-11-10-22(18-32-14-12-20(13-15-32)19-6-3-2-4-7-19)24-17-26(34-27(24)25)21-8-5-9-23(16-21)28(29,30)31/h2-11,16-17,20H,12-15,18H2,1H3. The highest BCUT2D eigenvalue weighted by Crippen LogP contribution is 2.38. The summed E-state index contributed by atoms with van der Waals surface area (Å²) < 4.78 is 51.1. The van der Waals surface area contributed by atoms with Crippen LogP contribution in [0.15, 0.2) is 77.2 Å². The molecule has 34 heavy (non-hydrogen) atoms. The molecule has 1 saturated heterocycles. The summed E-state index contributed by atoms with van der Waals surface area (Å²) in [6.07, 6.45) is -2.20. The van der Waals surface area contributed by atoms with Crippen molar-refractivity contribution >= 4 is 11.0 Å². The minimum absolute atomic E-state index is 0.391. The molecule has 0 unspecified atom stereocenters.